The number of carbonyl (C=O) groups is 3. The van der Waals surface area contributed by atoms with Crippen LogP contribution in [-0.2, 0) is 9.59 Å². The Morgan fingerprint density at radius 2 is 1.94 bits per heavy atom. The maximum atomic E-state index is 12.5. The topological polar surface area (TPSA) is 84.9 Å². The number of Topliss-reactive ketones (excluding diaryl/α,β-unsaturated/α-hetero) is 1. The van der Waals surface area contributed by atoms with Crippen LogP contribution in [0.15, 0.2) is 65.7 Å². The molecule has 3 aromatic rings. The maximum absolute atomic E-state index is 12.5. The Morgan fingerprint density at radius 3 is 2.62 bits per heavy atom. The number of amides is 2. The molecule has 2 heterocycles. The number of nitrogens with zero attached hydrogens (tertiary/aromatic N) is 1. The second-order valence-corrected chi connectivity index (χ2v) is 8.05. The first-order valence-electron chi connectivity index (χ1n) is 9.79. The molecule has 162 valence electrons. The van der Waals surface area contributed by atoms with Gasteiger partial charge in [0, 0.05) is 42.4 Å². The minimum atomic E-state index is -0.339. The summed E-state index contributed by atoms with van der Waals surface area (Å²) < 4.78 is 11.3. The molecule has 0 atom stereocenters. The largest absolute Gasteiger partial charge is 0.484 e. The van der Waals surface area contributed by atoms with E-state index in [4.69, 9.17) is 9.47 Å². The number of anilines is 2. The van der Waals surface area contributed by atoms with Crippen LogP contribution in [0.1, 0.15) is 22.2 Å². The lowest BCUT2D eigenvalue weighted by molar-refractivity contribution is -0.118. The Kier molecular flexibility index (Phi) is 6.04. The number of fused-ring (bicyclic) bond motifs is 1. The van der Waals surface area contributed by atoms with Crippen molar-refractivity contribution in [1.29, 1.82) is 0 Å². The van der Waals surface area contributed by atoms with Crippen molar-refractivity contribution in [3.05, 3.63) is 76.2 Å². The monoisotopic (exact) mass is 448 g/mol. The summed E-state index contributed by atoms with van der Waals surface area (Å²) in [5, 5.41) is 4.66. The van der Waals surface area contributed by atoms with Crippen molar-refractivity contribution in [2.24, 2.45) is 0 Å². The van der Waals surface area contributed by atoms with Crippen LogP contribution in [0.5, 0.6) is 11.5 Å². The number of rotatable bonds is 6. The average Bonchev–Trinajstić information content (AvgIpc) is 3.40. The quantitative estimate of drug-likeness (QED) is 0.566. The number of ketones is 1. The molecule has 4 rings (SSSR count). The van der Waals surface area contributed by atoms with Crippen LogP contribution in [0.3, 0.4) is 0 Å². The lowest BCUT2D eigenvalue weighted by Gasteiger charge is -2.15. The Morgan fingerprint density at radius 1 is 1.16 bits per heavy atom. The molecule has 0 spiro atoms. The van der Waals surface area contributed by atoms with Crippen molar-refractivity contribution in [1.82, 2.24) is 0 Å². The summed E-state index contributed by atoms with van der Waals surface area (Å²) in [5.74, 6) is 0.481. The number of thiophene rings is 1. The Bertz CT molecular complexity index is 1200. The number of hydrogen-bond donors (Lipinski definition) is 1. The Labute approximate surface area is 188 Å². The van der Waals surface area contributed by atoms with E-state index in [9.17, 15) is 14.4 Å². The molecule has 1 aliphatic rings. The molecule has 2 amide bonds. The van der Waals surface area contributed by atoms with Gasteiger partial charge in [-0.15, -0.1) is 11.3 Å². The summed E-state index contributed by atoms with van der Waals surface area (Å²) in [6, 6.07) is 15.6. The van der Waals surface area contributed by atoms with Crippen LogP contribution in [0, 0.1) is 0 Å². The van der Waals surface area contributed by atoms with E-state index in [2.05, 4.69) is 5.32 Å². The van der Waals surface area contributed by atoms with Crippen molar-refractivity contribution in [3.63, 3.8) is 0 Å². The van der Waals surface area contributed by atoms with E-state index in [1.165, 1.54) is 23.2 Å². The van der Waals surface area contributed by atoms with Gasteiger partial charge in [0.15, 0.2) is 12.4 Å². The smallest absolute Gasteiger partial charge is 0.262 e. The van der Waals surface area contributed by atoms with Gasteiger partial charge in [0.05, 0.1) is 5.56 Å². The molecular weight excluding hydrogens is 428 g/mol. The van der Waals surface area contributed by atoms with Gasteiger partial charge in [0.25, 0.3) is 5.91 Å². The highest BCUT2D eigenvalue weighted by Crippen LogP contribution is 2.35. The number of hydrogen-bond acceptors (Lipinski definition) is 6. The molecule has 0 saturated heterocycles. The van der Waals surface area contributed by atoms with Crippen LogP contribution < -0.4 is 19.7 Å². The molecule has 2 aromatic carbocycles. The van der Waals surface area contributed by atoms with Gasteiger partial charge in [0.1, 0.15) is 11.5 Å². The Balaban J connectivity index is 1.35. The predicted molar refractivity (Wildman–Crippen MR) is 123 cm³/mol. The first kappa shape index (κ1) is 21.3. The fraction of sp³-hybridized carbons (Fsp3) is 0.125. The van der Waals surface area contributed by atoms with E-state index in [0.717, 1.165) is 10.6 Å². The number of benzene rings is 2. The van der Waals surface area contributed by atoms with Crippen LogP contribution in [0.4, 0.5) is 11.4 Å². The Hall–Kier alpha value is -3.91. The highest BCUT2D eigenvalue weighted by Gasteiger charge is 2.27. The first-order chi connectivity index (χ1) is 15.4. The van der Waals surface area contributed by atoms with Crippen LogP contribution in [0.2, 0.25) is 0 Å². The minimum absolute atomic E-state index is 0.0793. The van der Waals surface area contributed by atoms with Crippen LogP contribution >= 0.6 is 11.3 Å². The second kappa shape index (κ2) is 9.07. The lowest BCUT2D eigenvalue weighted by Crippen LogP contribution is -2.23. The maximum Gasteiger partial charge on any atom is 0.262 e. The van der Waals surface area contributed by atoms with E-state index < -0.39 is 0 Å². The summed E-state index contributed by atoms with van der Waals surface area (Å²) >= 11 is 1.51. The summed E-state index contributed by atoms with van der Waals surface area (Å²) in [6.45, 7) is 1.27. The summed E-state index contributed by atoms with van der Waals surface area (Å²) in [5.41, 5.74) is 1.78. The van der Waals surface area contributed by atoms with Gasteiger partial charge < -0.3 is 19.7 Å². The highest BCUT2D eigenvalue weighted by molar-refractivity contribution is 7.10. The summed E-state index contributed by atoms with van der Waals surface area (Å²) in [4.78, 5) is 38.6. The van der Waals surface area contributed by atoms with Gasteiger partial charge in [-0.25, -0.2) is 0 Å². The zero-order valence-corrected chi connectivity index (χ0v) is 18.3. The van der Waals surface area contributed by atoms with Gasteiger partial charge in [-0.3, -0.25) is 14.4 Å². The van der Waals surface area contributed by atoms with Crippen molar-refractivity contribution < 1.29 is 23.9 Å². The zero-order valence-electron chi connectivity index (χ0n) is 17.5. The molecular formula is C24H20N2O5S. The first-order valence-corrected chi connectivity index (χ1v) is 10.7. The van der Waals surface area contributed by atoms with Gasteiger partial charge in [-0.2, -0.15) is 0 Å². The van der Waals surface area contributed by atoms with Gasteiger partial charge >= 0.3 is 0 Å². The number of allylic oxidation sites excluding steroid dienone is 1. The highest BCUT2D eigenvalue weighted by atomic mass is 32.1. The van der Waals surface area contributed by atoms with Crippen LogP contribution in [-0.4, -0.2) is 31.3 Å². The molecule has 1 aliphatic heterocycles. The SMILES string of the molecule is CC(=O)N(C)c1ccc(NC(=O)COc2ccc3c(c2)OC(=Cc2cccs2)C3=O)cc1. The molecule has 0 radical (unpaired) electrons. The fourth-order valence-corrected chi connectivity index (χ4v) is 3.70. The van der Waals surface area contributed by atoms with E-state index in [-0.39, 0.29) is 30.0 Å². The molecule has 1 aromatic heterocycles. The molecule has 0 fully saturated rings. The molecule has 0 unspecified atom stereocenters. The third-order valence-corrected chi connectivity index (χ3v) is 5.66. The van der Waals surface area contributed by atoms with Crippen molar-refractivity contribution >= 4 is 46.4 Å². The molecule has 7 nitrogen and oxygen atoms in total. The molecule has 8 heteroatoms. The molecule has 1 N–H and O–H groups in total. The molecule has 32 heavy (non-hydrogen) atoms. The summed E-state index contributed by atoms with van der Waals surface area (Å²) in [7, 11) is 1.68. The van der Waals surface area contributed by atoms with Crippen molar-refractivity contribution in [3.8, 4) is 11.5 Å². The number of carbonyl (C=O) groups excluding carboxylic acids is 3. The number of nitrogens with one attached hydrogen (secondary N) is 1. The van der Waals surface area contributed by atoms with E-state index in [1.807, 2.05) is 17.5 Å². The normalized spacial score (nSPS) is 13.4. The van der Waals surface area contributed by atoms with Gasteiger partial charge in [-0.1, -0.05) is 6.07 Å². The van der Waals surface area contributed by atoms with Gasteiger partial charge in [-0.05, 0) is 47.8 Å². The van der Waals surface area contributed by atoms with Crippen molar-refractivity contribution in [2.45, 2.75) is 6.92 Å². The molecule has 0 aliphatic carbocycles. The lowest BCUT2D eigenvalue weighted by atomic mass is 10.1. The van der Waals surface area contributed by atoms with E-state index in [0.29, 0.717) is 22.7 Å². The van der Waals surface area contributed by atoms with E-state index >= 15 is 0 Å². The third-order valence-electron chi connectivity index (χ3n) is 4.84. The number of ether oxygens (including phenoxy) is 2. The summed E-state index contributed by atoms with van der Waals surface area (Å²) in [6.07, 6.45) is 1.71. The van der Waals surface area contributed by atoms with Gasteiger partial charge in [0.2, 0.25) is 11.7 Å². The standard InChI is InChI=1S/C24H20N2O5S/c1-15(27)26(2)17-7-5-16(6-8-17)25-23(28)14-30-18-9-10-20-21(12-18)31-22(24(20)29)13-19-4-3-11-32-19/h3-13H,14H2,1-2H3,(H,25,28). The van der Waals surface area contributed by atoms with Crippen molar-refractivity contribution in [2.75, 3.05) is 23.9 Å². The minimum Gasteiger partial charge on any atom is -0.484 e. The van der Waals surface area contributed by atoms with Crippen LogP contribution in [0.25, 0.3) is 6.08 Å². The third kappa shape index (κ3) is 4.70. The predicted octanol–water partition coefficient (Wildman–Crippen LogP) is 4.36. The molecule has 0 bridgehead atoms. The average molecular weight is 449 g/mol. The van der Waals surface area contributed by atoms with E-state index in [1.54, 1.807) is 55.6 Å². The fourth-order valence-electron chi connectivity index (χ4n) is 3.06. The zero-order chi connectivity index (χ0) is 22.7. The second-order valence-electron chi connectivity index (χ2n) is 7.07. The molecule has 0 saturated carbocycles.